The van der Waals surface area contributed by atoms with Crippen molar-refractivity contribution in [2.45, 2.75) is 39.2 Å². The second-order valence-corrected chi connectivity index (χ2v) is 6.73. The molecule has 2 aromatic carbocycles. The molecule has 0 aliphatic rings. The van der Waals surface area contributed by atoms with E-state index in [2.05, 4.69) is 23.1 Å². The summed E-state index contributed by atoms with van der Waals surface area (Å²) in [5.74, 6) is -0.787. The predicted octanol–water partition coefficient (Wildman–Crippen LogP) is 3.24. The highest BCUT2D eigenvalue weighted by atomic mass is 35.5. The van der Waals surface area contributed by atoms with Gasteiger partial charge in [-0.2, -0.15) is 0 Å². The molecule has 0 saturated carbocycles. The Kier molecular flexibility index (Phi) is 8.48. The number of aryl methyl sites for hydroxylation is 1. The second kappa shape index (κ2) is 11.1. The zero-order valence-electron chi connectivity index (χ0n) is 16.3. The molecule has 0 aliphatic heterocycles. The number of hydrogen-bond acceptors (Lipinski definition) is 4. The number of carbonyl (C=O) groups is 3. The summed E-state index contributed by atoms with van der Waals surface area (Å²) in [5, 5.41) is 3.04. The number of ether oxygens (including phenoxy) is 1. The number of hydrazine groups is 1. The van der Waals surface area contributed by atoms with Crippen LogP contribution in [0, 0.1) is 0 Å². The third-order valence-corrected chi connectivity index (χ3v) is 4.40. The van der Waals surface area contributed by atoms with Crippen molar-refractivity contribution in [3.05, 3.63) is 59.1 Å². The van der Waals surface area contributed by atoms with Gasteiger partial charge < -0.3 is 10.1 Å². The molecule has 8 heteroatoms. The number of anilines is 1. The number of rotatable bonds is 8. The highest BCUT2D eigenvalue weighted by Crippen LogP contribution is 2.20. The van der Waals surface area contributed by atoms with E-state index < -0.39 is 17.9 Å². The summed E-state index contributed by atoms with van der Waals surface area (Å²) in [4.78, 5) is 35.8. The van der Waals surface area contributed by atoms with Gasteiger partial charge in [-0.15, -0.1) is 0 Å². The molecular weight excluding hydrogens is 394 g/mol. The van der Waals surface area contributed by atoms with Gasteiger partial charge in [-0.05, 0) is 43.2 Å². The molecule has 7 nitrogen and oxygen atoms in total. The van der Waals surface area contributed by atoms with E-state index in [-0.39, 0.29) is 18.7 Å². The smallest absolute Gasteiger partial charge is 0.279 e. The van der Waals surface area contributed by atoms with Crippen LogP contribution in [0.5, 0.6) is 5.75 Å². The van der Waals surface area contributed by atoms with Crippen molar-refractivity contribution in [1.29, 1.82) is 0 Å². The van der Waals surface area contributed by atoms with Gasteiger partial charge in [0, 0.05) is 12.8 Å². The first-order valence-corrected chi connectivity index (χ1v) is 9.65. The normalized spacial score (nSPS) is 11.3. The Morgan fingerprint density at radius 3 is 2.28 bits per heavy atom. The predicted molar refractivity (Wildman–Crippen MR) is 112 cm³/mol. The lowest BCUT2D eigenvalue weighted by Gasteiger charge is -2.15. The number of amides is 3. The summed E-state index contributed by atoms with van der Waals surface area (Å²) in [6, 6.07) is 14.2. The van der Waals surface area contributed by atoms with Crippen LogP contribution >= 0.6 is 11.6 Å². The molecule has 1 unspecified atom stereocenters. The lowest BCUT2D eigenvalue weighted by atomic mass is 10.2. The summed E-state index contributed by atoms with van der Waals surface area (Å²) < 4.78 is 5.54. The van der Waals surface area contributed by atoms with Crippen LogP contribution < -0.4 is 20.9 Å². The van der Waals surface area contributed by atoms with Gasteiger partial charge in [0.25, 0.3) is 5.91 Å². The Labute approximate surface area is 174 Å². The molecule has 0 aliphatic carbocycles. The molecule has 154 valence electrons. The minimum absolute atomic E-state index is 0.0528. The molecule has 29 heavy (non-hydrogen) atoms. The third kappa shape index (κ3) is 7.46. The molecule has 0 aromatic heterocycles. The summed E-state index contributed by atoms with van der Waals surface area (Å²) in [6.07, 6.45) is -0.0301. The monoisotopic (exact) mass is 417 g/mol. The van der Waals surface area contributed by atoms with E-state index >= 15 is 0 Å². The van der Waals surface area contributed by atoms with Crippen LogP contribution in [0.4, 0.5) is 5.69 Å². The van der Waals surface area contributed by atoms with Gasteiger partial charge in [-0.25, -0.2) is 0 Å². The number of carbonyl (C=O) groups excluding carboxylic acids is 3. The van der Waals surface area contributed by atoms with Crippen molar-refractivity contribution in [1.82, 2.24) is 10.9 Å². The lowest BCUT2D eigenvalue weighted by Crippen LogP contribution is -2.47. The molecule has 0 heterocycles. The highest BCUT2D eigenvalue weighted by molar-refractivity contribution is 6.33. The first-order valence-electron chi connectivity index (χ1n) is 9.27. The number of para-hydroxylation sites is 1. The molecule has 0 saturated heterocycles. The molecular formula is C21H24ClN3O4. The van der Waals surface area contributed by atoms with E-state index in [4.69, 9.17) is 16.3 Å². The maximum Gasteiger partial charge on any atom is 0.279 e. The van der Waals surface area contributed by atoms with E-state index in [0.29, 0.717) is 16.5 Å². The van der Waals surface area contributed by atoms with E-state index in [0.717, 1.165) is 6.42 Å². The van der Waals surface area contributed by atoms with Crippen molar-refractivity contribution >= 4 is 35.0 Å². The largest absolute Gasteiger partial charge is 0.481 e. The zero-order chi connectivity index (χ0) is 21.2. The maximum absolute atomic E-state index is 12.0. The molecule has 0 bridgehead atoms. The van der Waals surface area contributed by atoms with E-state index in [1.807, 2.05) is 12.1 Å². The van der Waals surface area contributed by atoms with Crippen LogP contribution in [-0.4, -0.2) is 23.8 Å². The van der Waals surface area contributed by atoms with Gasteiger partial charge in [0.2, 0.25) is 11.8 Å². The summed E-state index contributed by atoms with van der Waals surface area (Å²) in [6.45, 7) is 3.63. The number of nitrogens with one attached hydrogen (secondary N) is 3. The van der Waals surface area contributed by atoms with Crippen molar-refractivity contribution < 1.29 is 19.1 Å². The highest BCUT2D eigenvalue weighted by Gasteiger charge is 2.16. The SMILES string of the molecule is CCc1ccc(OC(C)C(=O)NNC(=O)CCC(=O)Nc2ccccc2Cl)cc1. The van der Waals surface area contributed by atoms with Gasteiger partial charge in [-0.3, -0.25) is 25.2 Å². The topological polar surface area (TPSA) is 96.5 Å². The Hall–Kier alpha value is -3.06. The third-order valence-electron chi connectivity index (χ3n) is 4.07. The Morgan fingerprint density at radius 2 is 1.62 bits per heavy atom. The molecule has 2 rings (SSSR count). The average Bonchev–Trinajstić information content (AvgIpc) is 2.72. The zero-order valence-corrected chi connectivity index (χ0v) is 17.1. The van der Waals surface area contributed by atoms with Gasteiger partial charge in [0.15, 0.2) is 6.10 Å². The standard InChI is InChI=1S/C21H24ClN3O4/c1-3-15-8-10-16(11-9-15)29-14(2)21(28)25-24-20(27)13-12-19(26)23-18-7-5-4-6-17(18)22/h4-11,14H,3,12-13H2,1-2H3,(H,23,26)(H,24,27)(H,25,28). The van der Waals surface area contributed by atoms with Crippen LogP contribution in [0.15, 0.2) is 48.5 Å². The fourth-order valence-electron chi connectivity index (χ4n) is 2.36. The van der Waals surface area contributed by atoms with Gasteiger partial charge in [-0.1, -0.05) is 42.8 Å². The molecule has 0 fully saturated rings. The first-order chi connectivity index (χ1) is 13.9. The number of hydrogen-bond donors (Lipinski definition) is 3. The van der Waals surface area contributed by atoms with Crippen molar-refractivity contribution in [2.24, 2.45) is 0 Å². The minimum Gasteiger partial charge on any atom is -0.481 e. The van der Waals surface area contributed by atoms with E-state index in [1.54, 1.807) is 43.3 Å². The fourth-order valence-corrected chi connectivity index (χ4v) is 2.54. The molecule has 3 N–H and O–H groups in total. The van der Waals surface area contributed by atoms with Crippen molar-refractivity contribution in [2.75, 3.05) is 5.32 Å². The first kappa shape index (κ1) is 22.2. The van der Waals surface area contributed by atoms with Crippen LogP contribution in [0.25, 0.3) is 0 Å². The lowest BCUT2D eigenvalue weighted by molar-refractivity contribution is -0.133. The van der Waals surface area contributed by atoms with Gasteiger partial charge in [0.1, 0.15) is 5.75 Å². The molecule has 2 aromatic rings. The maximum atomic E-state index is 12.0. The quantitative estimate of drug-likeness (QED) is 0.574. The van der Waals surface area contributed by atoms with Crippen LogP contribution in [0.1, 0.15) is 32.3 Å². The molecule has 1 atom stereocenters. The molecule has 0 radical (unpaired) electrons. The summed E-state index contributed by atoms with van der Waals surface area (Å²) in [5.41, 5.74) is 6.21. The summed E-state index contributed by atoms with van der Waals surface area (Å²) in [7, 11) is 0. The van der Waals surface area contributed by atoms with Crippen molar-refractivity contribution in [3.63, 3.8) is 0 Å². The van der Waals surface area contributed by atoms with E-state index in [9.17, 15) is 14.4 Å². The van der Waals surface area contributed by atoms with Crippen LogP contribution in [0.3, 0.4) is 0 Å². The van der Waals surface area contributed by atoms with Crippen molar-refractivity contribution in [3.8, 4) is 5.75 Å². The molecule has 3 amide bonds. The average molecular weight is 418 g/mol. The molecule has 0 spiro atoms. The van der Waals surface area contributed by atoms with Crippen LogP contribution in [-0.2, 0) is 20.8 Å². The second-order valence-electron chi connectivity index (χ2n) is 6.32. The number of halogens is 1. The Balaban J connectivity index is 1.70. The Morgan fingerprint density at radius 1 is 0.966 bits per heavy atom. The van der Waals surface area contributed by atoms with Crippen LogP contribution in [0.2, 0.25) is 5.02 Å². The van der Waals surface area contributed by atoms with E-state index in [1.165, 1.54) is 5.56 Å². The number of benzene rings is 2. The van der Waals surface area contributed by atoms with Gasteiger partial charge >= 0.3 is 0 Å². The fraction of sp³-hybridized carbons (Fsp3) is 0.286. The van der Waals surface area contributed by atoms with Gasteiger partial charge in [0.05, 0.1) is 10.7 Å². The Bertz CT molecular complexity index is 855. The minimum atomic E-state index is -0.800. The summed E-state index contributed by atoms with van der Waals surface area (Å²) >= 11 is 5.96.